The average Bonchev–Trinajstić information content (AvgIpc) is 3.12. The van der Waals surface area contributed by atoms with Gasteiger partial charge in [-0.15, -0.1) is 0 Å². The summed E-state index contributed by atoms with van der Waals surface area (Å²) >= 11 is 3.42. The first-order valence-corrected chi connectivity index (χ1v) is 9.86. The van der Waals surface area contributed by atoms with Crippen LogP contribution in [0.1, 0.15) is 11.4 Å². The Labute approximate surface area is 182 Å². The van der Waals surface area contributed by atoms with E-state index in [-0.39, 0.29) is 6.61 Å². The second-order valence-electron chi connectivity index (χ2n) is 6.64. The summed E-state index contributed by atoms with van der Waals surface area (Å²) in [4.78, 5) is 4.23. The lowest BCUT2D eigenvalue weighted by molar-refractivity contribution is 0.348. The molecular formula is C21H19BrN6O2. The molecule has 2 heterocycles. The van der Waals surface area contributed by atoms with Crippen molar-refractivity contribution >= 4 is 21.6 Å². The van der Waals surface area contributed by atoms with E-state index in [1.54, 1.807) is 13.4 Å². The second-order valence-corrected chi connectivity index (χ2v) is 7.56. The van der Waals surface area contributed by atoms with Crippen molar-refractivity contribution in [3.05, 3.63) is 76.0 Å². The van der Waals surface area contributed by atoms with E-state index >= 15 is 0 Å². The van der Waals surface area contributed by atoms with Gasteiger partial charge in [-0.05, 0) is 30.3 Å². The van der Waals surface area contributed by atoms with E-state index in [2.05, 4.69) is 27.0 Å². The Morgan fingerprint density at radius 2 is 2.07 bits per heavy atom. The van der Waals surface area contributed by atoms with Crippen LogP contribution in [0.2, 0.25) is 0 Å². The van der Waals surface area contributed by atoms with Gasteiger partial charge >= 0.3 is 0 Å². The molecule has 3 aromatic rings. The molecule has 0 unspecified atom stereocenters. The first kappa shape index (κ1) is 19.8. The van der Waals surface area contributed by atoms with Crippen LogP contribution >= 0.6 is 15.9 Å². The van der Waals surface area contributed by atoms with Gasteiger partial charge in [-0.2, -0.15) is 5.26 Å². The summed E-state index contributed by atoms with van der Waals surface area (Å²) < 4.78 is 14.0. The third-order valence-electron chi connectivity index (χ3n) is 4.86. The summed E-state index contributed by atoms with van der Waals surface area (Å²) in [6.07, 6.45) is 1.94. The van der Waals surface area contributed by atoms with Crippen LogP contribution in [0.25, 0.3) is 5.69 Å². The van der Waals surface area contributed by atoms with Gasteiger partial charge in [-0.3, -0.25) is 9.58 Å². The van der Waals surface area contributed by atoms with Crippen molar-refractivity contribution in [1.29, 1.82) is 5.26 Å². The number of hydrogen-bond donors (Lipinski definition) is 2. The number of hydrogen-bond acceptors (Lipinski definition) is 7. The Morgan fingerprint density at radius 3 is 2.80 bits per heavy atom. The molecule has 8 nitrogen and oxygen atoms in total. The quantitative estimate of drug-likeness (QED) is 0.567. The zero-order chi connectivity index (χ0) is 21.3. The Hall–Kier alpha value is -3.48. The number of allylic oxidation sites excluding steroid dienone is 1. The molecule has 0 amide bonds. The van der Waals surface area contributed by atoms with Gasteiger partial charge in [0.2, 0.25) is 0 Å². The number of rotatable bonds is 4. The van der Waals surface area contributed by atoms with Crippen LogP contribution in [0.3, 0.4) is 0 Å². The van der Waals surface area contributed by atoms with Crippen molar-refractivity contribution in [2.24, 2.45) is 11.6 Å². The largest absolute Gasteiger partial charge is 0.497 e. The van der Waals surface area contributed by atoms with Gasteiger partial charge in [0.15, 0.2) is 5.69 Å². The molecule has 0 atom stereocenters. The molecule has 152 valence electrons. The van der Waals surface area contributed by atoms with Crippen LogP contribution in [-0.2, 0) is 6.42 Å². The maximum Gasteiger partial charge on any atom is 0.162 e. The first-order chi connectivity index (χ1) is 14.5. The molecule has 0 saturated carbocycles. The third-order valence-corrected chi connectivity index (χ3v) is 5.35. The van der Waals surface area contributed by atoms with Gasteiger partial charge in [0.1, 0.15) is 30.5 Å². The number of aromatic nitrogens is 2. The van der Waals surface area contributed by atoms with Crippen LogP contribution in [0.5, 0.6) is 11.5 Å². The van der Waals surface area contributed by atoms with Crippen molar-refractivity contribution in [3.8, 4) is 23.3 Å². The van der Waals surface area contributed by atoms with Gasteiger partial charge in [0.05, 0.1) is 35.6 Å². The zero-order valence-corrected chi connectivity index (χ0v) is 17.8. The van der Waals surface area contributed by atoms with E-state index in [1.165, 1.54) is 5.01 Å². The number of imidazole rings is 1. The summed E-state index contributed by atoms with van der Waals surface area (Å²) in [6.45, 7) is 0.134. The van der Waals surface area contributed by atoms with E-state index in [0.717, 1.165) is 10.2 Å². The van der Waals surface area contributed by atoms with E-state index in [1.807, 2.05) is 47.0 Å². The molecular weight excluding hydrogens is 448 g/mol. The van der Waals surface area contributed by atoms with Crippen LogP contribution in [0, 0.1) is 11.3 Å². The molecule has 0 spiro atoms. The number of nitriles is 1. The molecule has 0 bridgehead atoms. The predicted octanol–water partition coefficient (Wildman–Crippen LogP) is 3.00. The fourth-order valence-corrected chi connectivity index (χ4v) is 3.71. The average molecular weight is 467 g/mol. The number of hydrazine groups is 1. The minimum atomic E-state index is 0.134. The molecule has 0 fully saturated rings. The Balaban J connectivity index is 1.78. The van der Waals surface area contributed by atoms with E-state index < -0.39 is 0 Å². The summed E-state index contributed by atoms with van der Waals surface area (Å²) in [5, 5.41) is 11.0. The SMILES string of the molecule is COc1ccc2c(c1)N(N)/C(=C(\N)COc1cccc(Br)c1)Cc1c(C#N)ncn1-2. The summed E-state index contributed by atoms with van der Waals surface area (Å²) in [6, 6.07) is 15.2. The van der Waals surface area contributed by atoms with E-state index in [0.29, 0.717) is 46.4 Å². The smallest absolute Gasteiger partial charge is 0.162 e. The van der Waals surface area contributed by atoms with Gasteiger partial charge in [0, 0.05) is 17.0 Å². The van der Waals surface area contributed by atoms with Crippen molar-refractivity contribution in [2.75, 3.05) is 18.7 Å². The Bertz CT molecular complexity index is 1180. The highest BCUT2D eigenvalue weighted by molar-refractivity contribution is 9.10. The fraction of sp³-hybridized carbons (Fsp3) is 0.143. The number of fused-ring (bicyclic) bond motifs is 3. The summed E-state index contributed by atoms with van der Waals surface area (Å²) in [5.41, 5.74) is 9.97. The topological polar surface area (TPSA) is 115 Å². The number of ether oxygens (including phenoxy) is 2. The summed E-state index contributed by atoms with van der Waals surface area (Å²) in [7, 11) is 1.59. The molecule has 2 aromatic carbocycles. The standard InChI is InChI=1S/C21H19BrN6O2/c1-29-14-5-6-18-21(8-14)28(25)19(9-20-17(10-23)26-12-27(18)20)16(24)11-30-15-4-2-3-13(22)7-15/h2-8,12H,9,11,24-25H2,1H3/b19-16-. The van der Waals surface area contributed by atoms with Crippen LogP contribution in [-0.4, -0.2) is 23.3 Å². The lowest BCUT2D eigenvalue weighted by Crippen LogP contribution is -2.34. The van der Waals surface area contributed by atoms with Gasteiger partial charge in [0.25, 0.3) is 0 Å². The maximum absolute atomic E-state index is 9.51. The molecule has 30 heavy (non-hydrogen) atoms. The third kappa shape index (κ3) is 3.58. The number of methoxy groups -OCH3 is 1. The zero-order valence-electron chi connectivity index (χ0n) is 16.2. The van der Waals surface area contributed by atoms with E-state index in [4.69, 9.17) is 21.1 Å². The molecule has 0 radical (unpaired) electrons. The maximum atomic E-state index is 9.51. The number of nitrogens with two attached hydrogens (primary N) is 2. The van der Waals surface area contributed by atoms with Gasteiger partial charge < -0.3 is 15.2 Å². The van der Waals surface area contributed by atoms with E-state index in [9.17, 15) is 5.26 Å². The first-order valence-electron chi connectivity index (χ1n) is 9.07. The molecule has 4 rings (SSSR count). The molecule has 0 aliphatic carbocycles. The van der Waals surface area contributed by atoms with Crippen LogP contribution < -0.4 is 26.1 Å². The van der Waals surface area contributed by atoms with Crippen molar-refractivity contribution in [3.63, 3.8) is 0 Å². The van der Waals surface area contributed by atoms with Crippen LogP contribution in [0.15, 0.2) is 64.7 Å². The molecule has 1 aromatic heterocycles. The number of halogens is 1. The van der Waals surface area contributed by atoms with Gasteiger partial charge in [-0.1, -0.05) is 22.0 Å². The minimum Gasteiger partial charge on any atom is -0.497 e. The van der Waals surface area contributed by atoms with Crippen LogP contribution in [0.4, 0.5) is 5.69 Å². The van der Waals surface area contributed by atoms with Gasteiger partial charge in [-0.25, -0.2) is 10.8 Å². The molecule has 9 heteroatoms. The highest BCUT2D eigenvalue weighted by Crippen LogP contribution is 2.35. The highest BCUT2D eigenvalue weighted by Gasteiger charge is 2.27. The molecule has 0 saturated heterocycles. The lowest BCUT2D eigenvalue weighted by Gasteiger charge is -2.24. The number of anilines is 1. The van der Waals surface area contributed by atoms with Crippen molar-refractivity contribution in [1.82, 2.24) is 9.55 Å². The highest BCUT2D eigenvalue weighted by atomic mass is 79.9. The second kappa shape index (κ2) is 8.10. The van der Waals surface area contributed by atoms with Crippen molar-refractivity contribution < 1.29 is 9.47 Å². The normalized spacial score (nSPS) is 14.3. The number of nitrogens with zero attached hydrogens (tertiary/aromatic N) is 4. The molecule has 1 aliphatic rings. The predicted molar refractivity (Wildman–Crippen MR) is 116 cm³/mol. The number of benzene rings is 2. The summed E-state index contributed by atoms with van der Waals surface area (Å²) in [5.74, 6) is 7.82. The Morgan fingerprint density at radius 1 is 1.23 bits per heavy atom. The monoisotopic (exact) mass is 466 g/mol. The fourth-order valence-electron chi connectivity index (χ4n) is 3.33. The molecule has 4 N–H and O–H groups in total. The minimum absolute atomic E-state index is 0.134. The lowest BCUT2D eigenvalue weighted by atomic mass is 10.1. The van der Waals surface area contributed by atoms with Crippen molar-refractivity contribution in [2.45, 2.75) is 6.42 Å². The molecule has 1 aliphatic heterocycles. The Kier molecular flexibility index (Phi) is 5.35.